The number of rotatable bonds is 6. The van der Waals surface area contributed by atoms with Crippen LogP contribution in [0.2, 0.25) is 0 Å². The number of fused-ring (bicyclic) bond motifs is 2. The highest BCUT2D eigenvalue weighted by atomic mass is 16.8. The average molecular weight is 453 g/mol. The number of aliphatic hydroxyl groups is 3. The summed E-state index contributed by atoms with van der Waals surface area (Å²) in [5.41, 5.74) is 0.0694. The summed E-state index contributed by atoms with van der Waals surface area (Å²) in [5.74, 6) is -2.10. The van der Waals surface area contributed by atoms with Crippen LogP contribution >= 0.6 is 0 Å². The number of ether oxygens (including phenoxy) is 3. The molecule has 6 N–H and O–H groups in total. The second-order valence-corrected chi connectivity index (χ2v) is 9.28. The Morgan fingerprint density at radius 1 is 1.19 bits per heavy atom. The van der Waals surface area contributed by atoms with E-state index >= 15 is 0 Å². The molecular weight excluding hydrogens is 416 g/mol. The van der Waals surface area contributed by atoms with Gasteiger partial charge in [-0.1, -0.05) is 6.07 Å². The van der Waals surface area contributed by atoms with Crippen molar-refractivity contribution in [1.29, 1.82) is 0 Å². The number of hydrogen-bond acceptors (Lipinski definition) is 10. The lowest BCUT2D eigenvalue weighted by molar-refractivity contribution is -0.477. The Balaban J connectivity index is 1.54. The normalized spacial score (nSPS) is 44.0. The number of nitrogens with zero attached hydrogens (tertiary/aromatic N) is 1. The summed E-state index contributed by atoms with van der Waals surface area (Å²) in [6, 6.07) is 5.05. The van der Waals surface area contributed by atoms with Crippen molar-refractivity contribution in [3.05, 3.63) is 29.6 Å². The maximum absolute atomic E-state index is 11.6. The molecule has 3 fully saturated rings. The van der Waals surface area contributed by atoms with Crippen LogP contribution in [0.3, 0.4) is 0 Å². The zero-order valence-corrected chi connectivity index (χ0v) is 19.1. The molecule has 32 heavy (non-hydrogen) atoms. The smallest absolute Gasteiger partial charge is 0.249 e. The molecule has 3 heterocycles. The molecule has 1 aromatic heterocycles. The van der Waals surface area contributed by atoms with Crippen LogP contribution in [0.15, 0.2) is 18.2 Å². The van der Waals surface area contributed by atoms with Gasteiger partial charge >= 0.3 is 0 Å². The highest BCUT2D eigenvalue weighted by Crippen LogP contribution is 2.46. The maximum atomic E-state index is 11.6. The molecule has 0 amide bonds. The molecule has 0 aromatic carbocycles. The van der Waals surface area contributed by atoms with Gasteiger partial charge < -0.3 is 45.5 Å². The number of nitrogens with one attached hydrogen (secondary N) is 3. The van der Waals surface area contributed by atoms with Gasteiger partial charge in [0.1, 0.15) is 11.7 Å². The van der Waals surface area contributed by atoms with Crippen LogP contribution in [-0.2, 0) is 20.8 Å². The third-order valence-corrected chi connectivity index (χ3v) is 6.94. The lowest BCUT2D eigenvalue weighted by Crippen LogP contribution is -2.79. The van der Waals surface area contributed by atoms with Gasteiger partial charge in [0.2, 0.25) is 12.1 Å². The predicted molar refractivity (Wildman–Crippen MR) is 116 cm³/mol. The SMILES string of the molecule is CNC1CC2OC3OC(C)CC(O)(CNCc4cccc(C)n4)C3(O)OC2C(NC)C1O. The van der Waals surface area contributed by atoms with Gasteiger partial charge in [0.15, 0.2) is 0 Å². The van der Waals surface area contributed by atoms with E-state index in [9.17, 15) is 15.3 Å². The first-order valence-corrected chi connectivity index (χ1v) is 11.3. The predicted octanol–water partition coefficient (Wildman–Crippen LogP) is -1.24. The zero-order valence-electron chi connectivity index (χ0n) is 19.1. The Morgan fingerprint density at radius 2 is 1.97 bits per heavy atom. The number of likely N-dealkylation sites (N-methyl/N-ethyl adjacent to an activating group) is 2. The van der Waals surface area contributed by atoms with Crippen LogP contribution in [0, 0.1) is 6.92 Å². The van der Waals surface area contributed by atoms with E-state index < -0.39 is 42.0 Å². The molecule has 9 atom stereocenters. The molecule has 1 aliphatic carbocycles. The Hall–Kier alpha value is -1.21. The van der Waals surface area contributed by atoms with Gasteiger partial charge in [0, 0.05) is 31.2 Å². The van der Waals surface area contributed by atoms with Gasteiger partial charge in [0.05, 0.1) is 30.0 Å². The minimum atomic E-state index is -2.10. The van der Waals surface area contributed by atoms with E-state index in [0.29, 0.717) is 13.0 Å². The number of aliphatic hydroxyl groups excluding tert-OH is 1. The monoisotopic (exact) mass is 452 g/mol. The summed E-state index contributed by atoms with van der Waals surface area (Å²) in [4.78, 5) is 4.46. The fraction of sp³-hybridized carbons (Fsp3) is 0.773. The number of aromatic nitrogens is 1. The van der Waals surface area contributed by atoms with E-state index in [2.05, 4.69) is 20.9 Å². The Bertz CT molecular complexity index is 801. The lowest BCUT2D eigenvalue weighted by atomic mass is 9.79. The van der Waals surface area contributed by atoms with Gasteiger partial charge in [-0.3, -0.25) is 4.98 Å². The van der Waals surface area contributed by atoms with Crippen molar-refractivity contribution in [2.45, 2.75) is 87.4 Å². The zero-order chi connectivity index (χ0) is 23.1. The van der Waals surface area contributed by atoms with E-state index in [-0.39, 0.29) is 25.1 Å². The standard InChI is InChI=1S/C22H36N4O6/c1-12-6-5-7-14(26-12)10-25-11-21(28)9-13(2)30-20-22(21,29)32-19-16(31-20)8-15(23-3)18(27)17(19)24-4/h5-7,13,15-20,23-25,27-29H,8-11H2,1-4H3. The number of hydrogen-bond donors (Lipinski definition) is 6. The van der Waals surface area contributed by atoms with Gasteiger partial charge in [-0.25, -0.2) is 0 Å². The van der Waals surface area contributed by atoms with Crippen molar-refractivity contribution >= 4 is 0 Å². The van der Waals surface area contributed by atoms with Crippen molar-refractivity contribution in [1.82, 2.24) is 20.9 Å². The van der Waals surface area contributed by atoms with E-state index in [0.717, 1.165) is 11.4 Å². The molecule has 2 aliphatic heterocycles. The van der Waals surface area contributed by atoms with E-state index in [4.69, 9.17) is 14.2 Å². The summed E-state index contributed by atoms with van der Waals surface area (Å²) in [6.07, 6.45) is -2.70. The summed E-state index contributed by atoms with van der Waals surface area (Å²) in [5, 5.41) is 43.4. The first-order valence-electron chi connectivity index (χ1n) is 11.3. The Labute approximate surface area is 188 Å². The molecule has 0 spiro atoms. The molecule has 3 aliphatic rings. The van der Waals surface area contributed by atoms with Gasteiger partial charge in [0.25, 0.3) is 0 Å². The fourth-order valence-electron chi connectivity index (χ4n) is 5.25. The third-order valence-electron chi connectivity index (χ3n) is 6.94. The molecule has 2 saturated heterocycles. The largest absolute Gasteiger partial charge is 0.390 e. The molecular formula is C22H36N4O6. The molecule has 0 radical (unpaired) electrons. The molecule has 10 heteroatoms. The van der Waals surface area contributed by atoms with Gasteiger partial charge in [-0.15, -0.1) is 0 Å². The number of aryl methyl sites for hydroxylation is 1. The van der Waals surface area contributed by atoms with Crippen molar-refractivity contribution < 1.29 is 29.5 Å². The molecule has 10 nitrogen and oxygen atoms in total. The summed E-state index contributed by atoms with van der Waals surface area (Å²) < 4.78 is 18.2. The quantitative estimate of drug-likeness (QED) is 0.311. The fourth-order valence-corrected chi connectivity index (χ4v) is 5.25. The maximum Gasteiger partial charge on any atom is 0.249 e. The van der Waals surface area contributed by atoms with Crippen LogP contribution in [-0.4, -0.2) is 95.1 Å². The second kappa shape index (κ2) is 9.21. The topological polar surface area (TPSA) is 137 Å². The average Bonchev–Trinajstić information content (AvgIpc) is 2.73. The lowest BCUT2D eigenvalue weighted by Gasteiger charge is -2.59. The van der Waals surface area contributed by atoms with Crippen LogP contribution in [0.25, 0.3) is 0 Å². The van der Waals surface area contributed by atoms with Crippen molar-refractivity contribution in [3.8, 4) is 0 Å². The van der Waals surface area contributed by atoms with Crippen LogP contribution in [0.1, 0.15) is 31.2 Å². The third kappa shape index (κ3) is 4.20. The highest BCUT2D eigenvalue weighted by Gasteiger charge is 2.67. The van der Waals surface area contributed by atoms with Gasteiger partial charge in [-0.2, -0.15) is 0 Å². The Morgan fingerprint density at radius 3 is 2.66 bits per heavy atom. The molecule has 1 saturated carbocycles. The van der Waals surface area contributed by atoms with Crippen molar-refractivity contribution in [2.24, 2.45) is 0 Å². The first-order chi connectivity index (χ1) is 15.2. The molecule has 9 unspecified atom stereocenters. The van der Waals surface area contributed by atoms with E-state index in [1.54, 1.807) is 14.1 Å². The van der Waals surface area contributed by atoms with Crippen LogP contribution < -0.4 is 16.0 Å². The minimum Gasteiger partial charge on any atom is -0.390 e. The first kappa shape index (κ1) is 23.9. The molecule has 1 aromatic rings. The number of pyridine rings is 1. The minimum absolute atomic E-state index is 0.0516. The molecule has 4 rings (SSSR count). The Kier molecular flexibility index (Phi) is 6.88. The van der Waals surface area contributed by atoms with Gasteiger partial charge in [-0.05, 0) is 46.5 Å². The van der Waals surface area contributed by atoms with Crippen molar-refractivity contribution in [2.75, 3.05) is 20.6 Å². The van der Waals surface area contributed by atoms with E-state index in [1.807, 2.05) is 32.0 Å². The van der Waals surface area contributed by atoms with E-state index in [1.165, 1.54) is 0 Å². The van der Waals surface area contributed by atoms with Crippen LogP contribution in [0.4, 0.5) is 0 Å². The van der Waals surface area contributed by atoms with Crippen LogP contribution in [0.5, 0.6) is 0 Å². The van der Waals surface area contributed by atoms with Crippen molar-refractivity contribution in [3.63, 3.8) is 0 Å². The highest BCUT2D eigenvalue weighted by molar-refractivity contribution is 5.12. The summed E-state index contributed by atoms with van der Waals surface area (Å²) in [7, 11) is 3.51. The second-order valence-electron chi connectivity index (χ2n) is 9.28. The summed E-state index contributed by atoms with van der Waals surface area (Å²) in [6.45, 7) is 4.23. The summed E-state index contributed by atoms with van der Waals surface area (Å²) >= 11 is 0. The molecule has 180 valence electrons. The molecule has 0 bridgehead atoms.